The number of anilines is 1. The van der Waals surface area contributed by atoms with Gasteiger partial charge in [-0.05, 0) is 29.3 Å². The molecular formula is C17H20N2OS. The third kappa shape index (κ3) is 4.28. The fraction of sp³-hybridized carbons (Fsp3) is 0.235. The molecule has 2 N–H and O–H groups in total. The molecule has 0 aliphatic carbocycles. The highest BCUT2D eigenvalue weighted by molar-refractivity contribution is 7.80. The lowest BCUT2D eigenvalue weighted by molar-refractivity contribution is 0.107. The van der Waals surface area contributed by atoms with Gasteiger partial charge in [0, 0.05) is 25.3 Å². The summed E-state index contributed by atoms with van der Waals surface area (Å²) in [4.78, 5) is 2.45. The van der Waals surface area contributed by atoms with Gasteiger partial charge in [0.05, 0.1) is 13.2 Å². The van der Waals surface area contributed by atoms with E-state index >= 15 is 0 Å². The van der Waals surface area contributed by atoms with Crippen molar-refractivity contribution in [3.63, 3.8) is 0 Å². The number of hydrogen-bond acceptors (Lipinski definition) is 3. The van der Waals surface area contributed by atoms with E-state index in [1.807, 2.05) is 61.5 Å². The monoisotopic (exact) mass is 300 g/mol. The zero-order chi connectivity index (χ0) is 15.2. The predicted octanol–water partition coefficient (Wildman–Crippen LogP) is 3.10. The molecule has 0 fully saturated rings. The summed E-state index contributed by atoms with van der Waals surface area (Å²) in [6.45, 7) is 1.06. The summed E-state index contributed by atoms with van der Waals surface area (Å²) >= 11 is 5.11. The zero-order valence-electron chi connectivity index (χ0n) is 12.4. The Hall–Kier alpha value is -1.91. The van der Waals surface area contributed by atoms with Crippen molar-refractivity contribution < 1.29 is 4.74 Å². The summed E-state index contributed by atoms with van der Waals surface area (Å²) < 4.78 is 5.80. The van der Waals surface area contributed by atoms with Crippen molar-refractivity contribution in [3.05, 3.63) is 65.2 Å². The van der Waals surface area contributed by atoms with Gasteiger partial charge in [-0.2, -0.15) is 0 Å². The smallest absolute Gasteiger partial charge is 0.104 e. The van der Waals surface area contributed by atoms with Crippen LogP contribution in [0.15, 0.2) is 48.5 Å². The number of hydrogen-bond donors (Lipinski definition) is 1. The Balaban J connectivity index is 2.10. The maximum atomic E-state index is 5.80. The molecule has 2 aromatic carbocycles. The lowest BCUT2D eigenvalue weighted by atomic mass is 10.1. The van der Waals surface area contributed by atoms with Crippen LogP contribution in [-0.2, 0) is 18.0 Å². The van der Waals surface area contributed by atoms with Crippen molar-refractivity contribution in [1.29, 1.82) is 0 Å². The Morgan fingerprint density at radius 1 is 1.10 bits per heavy atom. The fourth-order valence-electron chi connectivity index (χ4n) is 2.07. The van der Waals surface area contributed by atoms with Gasteiger partial charge < -0.3 is 15.4 Å². The van der Waals surface area contributed by atoms with Gasteiger partial charge >= 0.3 is 0 Å². The molecule has 2 rings (SSSR count). The molecule has 110 valence electrons. The maximum Gasteiger partial charge on any atom is 0.104 e. The van der Waals surface area contributed by atoms with Crippen LogP contribution in [0.3, 0.4) is 0 Å². The molecular weight excluding hydrogens is 280 g/mol. The highest BCUT2D eigenvalue weighted by Gasteiger charge is 2.08. The van der Waals surface area contributed by atoms with Gasteiger partial charge in [0.2, 0.25) is 0 Å². The number of ether oxygens (including phenoxy) is 1. The maximum absolute atomic E-state index is 5.80. The van der Waals surface area contributed by atoms with Crippen molar-refractivity contribution >= 4 is 22.9 Å². The van der Waals surface area contributed by atoms with E-state index in [0.29, 0.717) is 18.2 Å². The molecule has 0 amide bonds. The van der Waals surface area contributed by atoms with Crippen LogP contribution in [0.4, 0.5) is 5.69 Å². The molecule has 0 saturated heterocycles. The molecule has 0 aliphatic rings. The third-order valence-electron chi connectivity index (χ3n) is 3.24. The Morgan fingerprint density at radius 2 is 1.81 bits per heavy atom. The van der Waals surface area contributed by atoms with Crippen LogP contribution in [0, 0.1) is 0 Å². The minimum atomic E-state index is 0.401. The highest BCUT2D eigenvalue weighted by Crippen LogP contribution is 2.19. The van der Waals surface area contributed by atoms with Crippen molar-refractivity contribution in [3.8, 4) is 0 Å². The number of benzene rings is 2. The molecule has 0 saturated carbocycles. The second-order valence-electron chi connectivity index (χ2n) is 5.08. The minimum Gasteiger partial charge on any atom is -0.389 e. The summed E-state index contributed by atoms with van der Waals surface area (Å²) in [6.07, 6.45) is 0. The average Bonchev–Trinajstić information content (AvgIpc) is 2.48. The van der Waals surface area contributed by atoms with Crippen LogP contribution in [0.1, 0.15) is 16.7 Å². The quantitative estimate of drug-likeness (QED) is 0.832. The predicted molar refractivity (Wildman–Crippen MR) is 91.6 cm³/mol. The van der Waals surface area contributed by atoms with Gasteiger partial charge in [-0.25, -0.2) is 0 Å². The van der Waals surface area contributed by atoms with E-state index in [1.54, 1.807) is 0 Å². The van der Waals surface area contributed by atoms with Gasteiger partial charge in [-0.15, -0.1) is 0 Å². The second-order valence-corrected chi connectivity index (χ2v) is 5.52. The van der Waals surface area contributed by atoms with Gasteiger partial charge in [0.15, 0.2) is 0 Å². The van der Waals surface area contributed by atoms with E-state index in [2.05, 4.69) is 6.07 Å². The van der Waals surface area contributed by atoms with Crippen molar-refractivity contribution in [1.82, 2.24) is 0 Å². The van der Waals surface area contributed by atoms with Gasteiger partial charge in [0.1, 0.15) is 4.99 Å². The first-order chi connectivity index (χ1) is 10.1. The molecule has 0 radical (unpaired) electrons. The van der Waals surface area contributed by atoms with E-state index in [1.165, 1.54) is 0 Å². The van der Waals surface area contributed by atoms with Gasteiger partial charge in [-0.3, -0.25) is 0 Å². The molecule has 0 bridgehead atoms. The standard InChI is InChI=1S/C17H20N2OS/c1-19(2)15-8-9-16(17(18)21)14(10-15)12-20-11-13-6-4-3-5-7-13/h3-10H,11-12H2,1-2H3,(H2,18,21). The van der Waals surface area contributed by atoms with E-state index < -0.39 is 0 Å². The lowest BCUT2D eigenvalue weighted by Gasteiger charge is -2.16. The Kier molecular flexibility index (Phi) is 5.31. The van der Waals surface area contributed by atoms with E-state index in [-0.39, 0.29) is 0 Å². The molecule has 3 nitrogen and oxygen atoms in total. The van der Waals surface area contributed by atoms with E-state index in [0.717, 1.165) is 22.4 Å². The molecule has 21 heavy (non-hydrogen) atoms. The molecule has 0 heterocycles. The first-order valence-electron chi connectivity index (χ1n) is 6.79. The zero-order valence-corrected chi connectivity index (χ0v) is 13.2. The summed E-state index contributed by atoms with van der Waals surface area (Å²) in [6, 6.07) is 16.1. The summed E-state index contributed by atoms with van der Waals surface area (Å²) in [5, 5.41) is 0. The minimum absolute atomic E-state index is 0.401. The molecule has 0 aromatic heterocycles. The van der Waals surface area contributed by atoms with Gasteiger partial charge in [-0.1, -0.05) is 42.5 Å². The topological polar surface area (TPSA) is 38.5 Å². The number of nitrogens with zero attached hydrogens (tertiary/aromatic N) is 1. The van der Waals surface area contributed by atoms with Crippen LogP contribution in [0.2, 0.25) is 0 Å². The Labute approximate surface area is 131 Å². The second kappa shape index (κ2) is 7.20. The lowest BCUT2D eigenvalue weighted by Crippen LogP contribution is -2.15. The Morgan fingerprint density at radius 3 is 2.43 bits per heavy atom. The van der Waals surface area contributed by atoms with Crippen molar-refractivity contribution in [2.45, 2.75) is 13.2 Å². The molecule has 0 atom stereocenters. The van der Waals surface area contributed by atoms with Crippen LogP contribution < -0.4 is 10.6 Å². The largest absolute Gasteiger partial charge is 0.389 e. The summed E-state index contributed by atoms with van der Waals surface area (Å²) in [5.74, 6) is 0. The SMILES string of the molecule is CN(C)c1ccc(C(N)=S)c(COCc2ccccc2)c1. The average molecular weight is 300 g/mol. The van der Waals surface area contributed by atoms with Crippen molar-refractivity contribution in [2.75, 3.05) is 19.0 Å². The van der Waals surface area contributed by atoms with Crippen LogP contribution in [-0.4, -0.2) is 19.1 Å². The number of nitrogens with two attached hydrogens (primary N) is 1. The Bertz CT molecular complexity index is 611. The van der Waals surface area contributed by atoms with Gasteiger partial charge in [0.25, 0.3) is 0 Å². The first kappa shape index (κ1) is 15.5. The normalized spacial score (nSPS) is 10.4. The van der Waals surface area contributed by atoms with Crippen molar-refractivity contribution in [2.24, 2.45) is 5.73 Å². The fourth-order valence-corrected chi connectivity index (χ4v) is 2.27. The number of rotatable bonds is 6. The van der Waals surface area contributed by atoms with Crippen LogP contribution in [0.5, 0.6) is 0 Å². The van der Waals surface area contributed by atoms with Crippen LogP contribution in [0.25, 0.3) is 0 Å². The first-order valence-corrected chi connectivity index (χ1v) is 7.20. The summed E-state index contributed by atoms with van der Waals surface area (Å²) in [5.41, 5.74) is 9.94. The molecule has 0 aliphatic heterocycles. The van der Waals surface area contributed by atoms with E-state index in [4.69, 9.17) is 22.7 Å². The number of thiocarbonyl (C=S) groups is 1. The third-order valence-corrected chi connectivity index (χ3v) is 3.46. The van der Waals surface area contributed by atoms with E-state index in [9.17, 15) is 0 Å². The molecule has 0 unspecified atom stereocenters. The molecule has 4 heteroatoms. The molecule has 0 spiro atoms. The highest BCUT2D eigenvalue weighted by atomic mass is 32.1. The van der Waals surface area contributed by atoms with Crippen LogP contribution >= 0.6 is 12.2 Å². The summed E-state index contributed by atoms with van der Waals surface area (Å²) in [7, 11) is 4.01. The molecule has 2 aromatic rings.